The molecule has 1 aliphatic heterocycles. The van der Waals surface area contributed by atoms with E-state index in [4.69, 9.17) is 0 Å². The molecular weight excluding hydrogens is 241 g/mol. The van der Waals surface area contributed by atoms with Crippen LogP contribution in [0.2, 0.25) is 0 Å². The molecule has 0 aromatic carbocycles. The Morgan fingerprint density at radius 3 is 2.94 bits per heavy atom. The largest absolute Gasteiger partial charge is 0.340 e. The summed E-state index contributed by atoms with van der Waals surface area (Å²) in [4.78, 5) is 37.4. The maximum atomic E-state index is 12.8. The van der Waals surface area contributed by atoms with Crippen LogP contribution >= 0.6 is 0 Å². The number of nitrogens with zero attached hydrogens (tertiary/aromatic N) is 1. The van der Waals surface area contributed by atoms with E-state index in [2.05, 4.69) is 15.6 Å². The van der Waals surface area contributed by atoms with E-state index < -0.39 is 23.8 Å². The Kier molecular flexibility index (Phi) is 3.31. The molecule has 1 fully saturated rings. The fraction of sp³-hybridized carbons (Fsp3) is 0.273. The summed E-state index contributed by atoms with van der Waals surface area (Å²) >= 11 is 0. The Morgan fingerprint density at radius 1 is 1.50 bits per heavy atom. The summed E-state index contributed by atoms with van der Waals surface area (Å²) in [5, 5.41) is 4.55. The first-order valence-corrected chi connectivity index (χ1v) is 5.32. The smallest absolute Gasteiger partial charge is 0.252 e. The van der Waals surface area contributed by atoms with Crippen molar-refractivity contribution in [3.63, 3.8) is 0 Å². The lowest BCUT2D eigenvalue weighted by Gasteiger charge is -2.21. The minimum atomic E-state index is -0.772. The van der Waals surface area contributed by atoms with Gasteiger partial charge in [0, 0.05) is 24.2 Å². The first-order chi connectivity index (χ1) is 8.56. The van der Waals surface area contributed by atoms with Crippen molar-refractivity contribution in [2.45, 2.75) is 18.9 Å². The number of pyridine rings is 1. The molecule has 94 valence electrons. The van der Waals surface area contributed by atoms with E-state index in [1.807, 2.05) is 0 Å². The fourth-order valence-corrected chi connectivity index (χ4v) is 1.62. The Morgan fingerprint density at radius 2 is 2.28 bits per heavy atom. The van der Waals surface area contributed by atoms with E-state index in [9.17, 15) is 18.8 Å². The predicted octanol–water partition coefficient (Wildman–Crippen LogP) is -0.244. The van der Waals surface area contributed by atoms with Crippen molar-refractivity contribution in [1.29, 1.82) is 0 Å². The lowest BCUT2D eigenvalue weighted by atomic mass is 10.1. The lowest BCUT2D eigenvalue weighted by Crippen LogP contribution is -2.52. The van der Waals surface area contributed by atoms with Crippen LogP contribution in [-0.2, 0) is 9.59 Å². The fourth-order valence-electron chi connectivity index (χ4n) is 1.62. The normalized spacial score (nSPS) is 19.3. The molecule has 6 nitrogen and oxygen atoms in total. The summed E-state index contributed by atoms with van der Waals surface area (Å²) in [5.74, 6) is -2.26. The van der Waals surface area contributed by atoms with Gasteiger partial charge < -0.3 is 5.32 Å². The first-order valence-electron chi connectivity index (χ1n) is 5.32. The summed E-state index contributed by atoms with van der Waals surface area (Å²) in [6.45, 7) is 0. The molecule has 1 aliphatic rings. The number of piperidine rings is 1. The van der Waals surface area contributed by atoms with Crippen molar-refractivity contribution in [1.82, 2.24) is 15.6 Å². The molecule has 7 heteroatoms. The maximum Gasteiger partial charge on any atom is 0.252 e. The van der Waals surface area contributed by atoms with Crippen LogP contribution < -0.4 is 10.6 Å². The van der Waals surface area contributed by atoms with E-state index in [1.54, 1.807) is 0 Å². The molecule has 2 rings (SSSR count). The van der Waals surface area contributed by atoms with Crippen molar-refractivity contribution in [2.75, 3.05) is 0 Å². The molecule has 3 amide bonds. The van der Waals surface area contributed by atoms with Gasteiger partial charge in [0.2, 0.25) is 17.8 Å². The highest BCUT2D eigenvalue weighted by Gasteiger charge is 2.28. The van der Waals surface area contributed by atoms with Crippen molar-refractivity contribution >= 4 is 17.7 Å². The number of nitrogens with one attached hydrogen (secondary N) is 2. The van der Waals surface area contributed by atoms with Crippen LogP contribution in [0.5, 0.6) is 0 Å². The Labute approximate surface area is 102 Å². The number of carbonyl (C=O) groups excluding carboxylic acids is 3. The number of carbonyl (C=O) groups is 3. The standard InChI is InChI=1S/C11H10FN3O3/c12-8-5-6(3-4-13-8)10(17)14-7-1-2-9(16)15-11(7)18/h3-5,7H,1-2H2,(H,14,17)(H,15,16,18). The Balaban J connectivity index is 2.03. The topological polar surface area (TPSA) is 88.2 Å². The Hall–Kier alpha value is -2.31. The monoisotopic (exact) mass is 251 g/mol. The van der Waals surface area contributed by atoms with Gasteiger partial charge in [0.05, 0.1) is 0 Å². The van der Waals surface area contributed by atoms with Crippen LogP contribution in [0.25, 0.3) is 0 Å². The van der Waals surface area contributed by atoms with Crippen LogP contribution in [0.4, 0.5) is 4.39 Å². The van der Waals surface area contributed by atoms with Crippen molar-refractivity contribution in [3.05, 3.63) is 29.8 Å². The van der Waals surface area contributed by atoms with Gasteiger partial charge in [-0.3, -0.25) is 19.7 Å². The molecule has 1 aromatic rings. The van der Waals surface area contributed by atoms with Crippen LogP contribution in [-0.4, -0.2) is 28.7 Å². The number of hydrogen-bond acceptors (Lipinski definition) is 4. The van der Waals surface area contributed by atoms with E-state index >= 15 is 0 Å². The first kappa shape index (κ1) is 12.2. The summed E-state index contributed by atoms with van der Waals surface area (Å²) in [6.07, 6.45) is 1.57. The molecule has 0 radical (unpaired) electrons. The van der Waals surface area contributed by atoms with Gasteiger partial charge in [0.25, 0.3) is 5.91 Å². The second-order valence-corrected chi connectivity index (χ2v) is 3.84. The van der Waals surface area contributed by atoms with Gasteiger partial charge in [-0.05, 0) is 12.5 Å². The van der Waals surface area contributed by atoms with Gasteiger partial charge in [-0.15, -0.1) is 0 Å². The third kappa shape index (κ3) is 2.68. The van der Waals surface area contributed by atoms with Gasteiger partial charge in [0.1, 0.15) is 6.04 Å². The number of halogens is 1. The molecule has 18 heavy (non-hydrogen) atoms. The second-order valence-electron chi connectivity index (χ2n) is 3.84. The number of imide groups is 1. The van der Waals surface area contributed by atoms with Crippen LogP contribution in [0.15, 0.2) is 18.3 Å². The highest BCUT2D eigenvalue weighted by Crippen LogP contribution is 2.06. The lowest BCUT2D eigenvalue weighted by molar-refractivity contribution is -0.134. The van der Waals surface area contributed by atoms with Crippen molar-refractivity contribution in [3.8, 4) is 0 Å². The van der Waals surface area contributed by atoms with Crippen LogP contribution in [0.3, 0.4) is 0 Å². The molecule has 1 aromatic heterocycles. The average molecular weight is 251 g/mol. The van der Waals surface area contributed by atoms with E-state index in [0.29, 0.717) is 0 Å². The maximum absolute atomic E-state index is 12.8. The van der Waals surface area contributed by atoms with E-state index in [1.165, 1.54) is 6.07 Å². The van der Waals surface area contributed by atoms with Gasteiger partial charge >= 0.3 is 0 Å². The third-order valence-corrected chi connectivity index (χ3v) is 2.53. The molecular formula is C11H10FN3O3. The van der Waals surface area contributed by atoms with Crippen molar-refractivity contribution in [2.24, 2.45) is 0 Å². The molecule has 1 unspecified atom stereocenters. The summed E-state index contributed by atoms with van der Waals surface area (Å²) < 4.78 is 12.8. The number of hydrogen-bond donors (Lipinski definition) is 2. The zero-order valence-electron chi connectivity index (χ0n) is 9.27. The second kappa shape index (κ2) is 4.91. The predicted molar refractivity (Wildman–Crippen MR) is 57.8 cm³/mol. The average Bonchev–Trinajstić information content (AvgIpc) is 2.32. The molecule has 1 atom stereocenters. The highest BCUT2D eigenvalue weighted by atomic mass is 19.1. The van der Waals surface area contributed by atoms with Gasteiger partial charge in [-0.2, -0.15) is 4.39 Å². The molecule has 2 heterocycles. The quantitative estimate of drug-likeness (QED) is 0.560. The number of amides is 3. The molecule has 1 saturated heterocycles. The third-order valence-electron chi connectivity index (χ3n) is 2.53. The number of aromatic nitrogens is 1. The number of rotatable bonds is 2. The molecule has 2 N–H and O–H groups in total. The minimum absolute atomic E-state index is 0.0761. The molecule has 0 spiro atoms. The van der Waals surface area contributed by atoms with Crippen LogP contribution in [0, 0.1) is 5.95 Å². The van der Waals surface area contributed by atoms with E-state index in [0.717, 1.165) is 12.3 Å². The highest BCUT2D eigenvalue weighted by molar-refractivity contribution is 6.03. The van der Waals surface area contributed by atoms with Crippen molar-refractivity contribution < 1.29 is 18.8 Å². The molecule has 0 bridgehead atoms. The van der Waals surface area contributed by atoms with Gasteiger partial charge in [-0.25, -0.2) is 4.98 Å². The van der Waals surface area contributed by atoms with Gasteiger partial charge in [-0.1, -0.05) is 0 Å². The SMILES string of the molecule is O=C1CCC(NC(=O)c2ccnc(F)c2)C(=O)N1. The summed E-state index contributed by atoms with van der Waals surface area (Å²) in [6, 6.07) is 1.54. The van der Waals surface area contributed by atoms with Gasteiger partial charge in [0.15, 0.2) is 0 Å². The molecule has 0 aliphatic carbocycles. The zero-order valence-corrected chi connectivity index (χ0v) is 9.27. The van der Waals surface area contributed by atoms with Crippen LogP contribution in [0.1, 0.15) is 23.2 Å². The Bertz CT molecular complexity index is 518. The molecule has 0 saturated carbocycles. The minimum Gasteiger partial charge on any atom is -0.340 e. The summed E-state index contributed by atoms with van der Waals surface area (Å²) in [7, 11) is 0. The summed E-state index contributed by atoms with van der Waals surface area (Å²) in [5.41, 5.74) is 0.0761. The van der Waals surface area contributed by atoms with E-state index in [-0.39, 0.29) is 24.3 Å². The zero-order chi connectivity index (χ0) is 13.1.